The number of hydrogen-bond acceptors (Lipinski definition) is 4. The van der Waals surface area contributed by atoms with E-state index in [1.54, 1.807) is 31.2 Å². The van der Waals surface area contributed by atoms with Crippen LogP contribution in [-0.4, -0.2) is 46.2 Å². The van der Waals surface area contributed by atoms with Gasteiger partial charge in [-0.25, -0.2) is 8.42 Å². The van der Waals surface area contributed by atoms with E-state index in [1.165, 1.54) is 0 Å². The fourth-order valence-electron chi connectivity index (χ4n) is 1.83. The predicted molar refractivity (Wildman–Crippen MR) is 83.5 cm³/mol. The maximum atomic E-state index is 12.1. The fourth-order valence-corrected chi connectivity index (χ4v) is 4.20. The first kappa shape index (κ1) is 17.8. The van der Waals surface area contributed by atoms with E-state index in [4.69, 9.17) is 0 Å². The van der Waals surface area contributed by atoms with Gasteiger partial charge < -0.3 is 5.11 Å². The molecule has 7 heteroatoms. The van der Waals surface area contributed by atoms with Crippen molar-refractivity contribution in [2.75, 3.05) is 17.3 Å². The Morgan fingerprint density at radius 3 is 2.43 bits per heavy atom. The maximum absolute atomic E-state index is 12.1. The molecule has 0 saturated carbocycles. The highest BCUT2D eigenvalue weighted by atomic mass is 32.2. The van der Waals surface area contributed by atoms with Crippen molar-refractivity contribution in [2.45, 2.75) is 25.0 Å². The molecule has 0 bridgehead atoms. The Hall–Kier alpha value is -1.21. The highest BCUT2D eigenvalue weighted by Crippen LogP contribution is 2.10. The normalized spacial score (nSPS) is 14.5. The number of carboxylic acid groups (broad SMARTS) is 1. The molecule has 0 heterocycles. The first-order valence-corrected chi connectivity index (χ1v) is 9.90. The molecule has 2 unspecified atom stereocenters. The molecule has 0 amide bonds. The summed E-state index contributed by atoms with van der Waals surface area (Å²) in [5.74, 6) is -1.03. The van der Waals surface area contributed by atoms with Gasteiger partial charge in [-0.15, -0.1) is 0 Å². The van der Waals surface area contributed by atoms with Gasteiger partial charge in [-0.2, -0.15) is 0 Å². The van der Waals surface area contributed by atoms with Crippen LogP contribution in [0.2, 0.25) is 0 Å². The van der Waals surface area contributed by atoms with Crippen molar-refractivity contribution >= 4 is 26.6 Å². The van der Waals surface area contributed by atoms with Crippen molar-refractivity contribution in [3.63, 3.8) is 0 Å². The van der Waals surface area contributed by atoms with E-state index in [2.05, 4.69) is 0 Å². The van der Waals surface area contributed by atoms with Crippen LogP contribution in [0.3, 0.4) is 0 Å². The van der Waals surface area contributed by atoms with E-state index in [0.29, 0.717) is 0 Å². The van der Waals surface area contributed by atoms with Gasteiger partial charge >= 0.3 is 5.97 Å². The summed E-state index contributed by atoms with van der Waals surface area (Å²) in [4.78, 5) is 11.3. The third-order valence-corrected chi connectivity index (χ3v) is 6.58. The topological polar surface area (TPSA) is 88.5 Å². The van der Waals surface area contributed by atoms with Crippen molar-refractivity contribution in [1.29, 1.82) is 0 Å². The van der Waals surface area contributed by atoms with Crippen LogP contribution in [0.5, 0.6) is 0 Å². The molecule has 118 valence electrons. The molecule has 1 rings (SSSR count). The predicted octanol–water partition coefficient (Wildman–Crippen LogP) is 1.26. The summed E-state index contributed by atoms with van der Waals surface area (Å²) >= 11 is 0. The molecular weight excluding hydrogens is 312 g/mol. The summed E-state index contributed by atoms with van der Waals surface area (Å²) < 4.78 is 34.8. The zero-order chi connectivity index (χ0) is 15.9. The quantitative estimate of drug-likeness (QED) is 0.735. The number of benzene rings is 1. The van der Waals surface area contributed by atoms with Crippen LogP contribution in [-0.2, 0) is 31.9 Å². The fraction of sp³-hybridized carbons (Fsp3) is 0.500. The molecule has 0 radical (unpaired) electrons. The van der Waals surface area contributed by atoms with Crippen LogP contribution in [0.15, 0.2) is 30.3 Å². The van der Waals surface area contributed by atoms with Gasteiger partial charge in [-0.05, 0) is 18.4 Å². The second-order valence-electron chi connectivity index (χ2n) is 4.69. The minimum absolute atomic E-state index is 0.0476. The van der Waals surface area contributed by atoms with Crippen molar-refractivity contribution in [2.24, 2.45) is 0 Å². The van der Waals surface area contributed by atoms with Gasteiger partial charge in [0.25, 0.3) is 0 Å². The van der Waals surface area contributed by atoms with Gasteiger partial charge in [0.1, 0.15) is 15.1 Å². The van der Waals surface area contributed by atoms with Crippen LogP contribution in [0.25, 0.3) is 0 Å². The lowest BCUT2D eigenvalue weighted by atomic mass is 10.1. The molecule has 0 spiro atoms. The Bertz CT molecular complexity index is 581. The summed E-state index contributed by atoms with van der Waals surface area (Å²) in [5.41, 5.74) is 0.805. The molecule has 1 aromatic rings. The van der Waals surface area contributed by atoms with E-state index in [9.17, 15) is 22.5 Å². The Balaban J connectivity index is 2.60. The van der Waals surface area contributed by atoms with Gasteiger partial charge in [-0.3, -0.25) is 9.00 Å². The molecule has 0 aliphatic carbocycles. The summed E-state index contributed by atoms with van der Waals surface area (Å²) in [5, 5.41) is 8.20. The summed E-state index contributed by atoms with van der Waals surface area (Å²) in [6.07, 6.45) is 0.407. The molecule has 5 nitrogen and oxygen atoms in total. The molecule has 0 aromatic heterocycles. The first-order chi connectivity index (χ1) is 9.85. The summed E-state index contributed by atoms with van der Waals surface area (Å²) in [7, 11) is -4.69. The number of aliphatic carboxylic acids is 1. The second-order valence-corrected chi connectivity index (χ2v) is 8.90. The molecule has 0 saturated heterocycles. The van der Waals surface area contributed by atoms with Crippen LogP contribution in [0.1, 0.15) is 18.9 Å². The van der Waals surface area contributed by atoms with Gasteiger partial charge in [0.05, 0.1) is 5.75 Å². The van der Waals surface area contributed by atoms with Crippen molar-refractivity contribution in [1.82, 2.24) is 0 Å². The minimum atomic E-state index is -3.10. The monoisotopic (exact) mass is 332 g/mol. The highest BCUT2D eigenvalue weighted by Gasteiger charge is 2.25. The van der Waals surface area contributed by atoms with E-state index >= 15 is 0 Å². The highest BCUT2D eigenvalue weighted by molar-refractivity contribution is 7.91. The van der Waals surface area contributed by atoms with Crippen molar-refractivity contribution < 1.29 is 22.5 Å². The molecular formula is C14H20O5S2. The lowest BCUT2D eigenvalue weighted by molar-refractivity contribution is -0.136. The van der Waals surface area contributed by atoms with Gasteiger partial charge in [-0.1, -0.05) is 37.3 Å². The molecule has 21 heavy (non-hydrogen) atoms. The molecule has 1 N–H and O–H groups in total. The molecule has 2 atom stereocenters. The van der Waals surface area contributed by atoms with Crippen LogP contribution in [0.4, 0.5) is 0 Å². The van der Waals surface area contributed by atoms with Gasteiger partial charge in [0.2, 0.25) is 0 Å². The third-order valence-electron chi connectivity index (χ3n) is 3.10. The Kier molecular flexibility index (Phi) is 7.04. The number of hydrogen-bond donors (Lipinski definition) is 1. The van der Waals surface area contributed by atoms with Gasteiger partial charge in [0, 0.05) is 22.3 Å². The largest absolute Gasteiger partial charge is 0.480 e. The van der Waals surface area contributed by atoms with E-state index in [1.807, 2.05) is 6.07 Å². The Morgan fingerprint density at radius 2 is 1.90 bits per heavy atom. The standard InChI is InChI=1S/C14H20O5S2/c1-2-21(18,19)10-6-9-20(17)13(14(15)16)11-12-7-4-3-5-8-12/h3-5,7-8,13H,2,6,9-11H2,1H3,(H,15,16). The minimum Gasteiger partial charge on any atom is -0.480 e. The van der Waals surface area contributed by atoms with E-state index in [0.717, 1.165) is 5.56 Å². The number of carboxylic acids is 1. The SMILES string of the molecule is CCS(=O)(=O)CCCS(=O)C(Cc1ccccc1)C(=O)O. The maximum Gasteiger partial charge on any atom is 0.319 e. The van der Waals surface area contributed by atoms with Crippen molar-refractivity contribution in [3.05, 3.63) is 35.9 Å². The average Bonchev–Trinajstić information content (AvgIpc) is 2.45. The molecule has 0 fully saturated rings. The Labute approximate surface area is 127 Å². The lowest BCUT2D eigenvalue weighted by Crippen LogP contribution is -2.30. The average molecular weight is 332 g/mol. The molecule has 0 aliphatic heterocycles. The smallest absolute Gasteiger partial charge is 0.319 e. The summed E-state index contributed by atoms with van der Waals surface area (Å²) in [6, 6.07) is 8.99. The molecule has 0 aliphatic rings. The molecule has 1 aromatic carbocycles. The number of rotatable bonds is 9. The van der Waals surface area contributed by atoms with E-state index < -0.39 is 31.9 Å². The van der Waals surface area contributed by atoms with Crippen LogP contribution in [0, 0.1) is 0 Å². The summed E-state index contributed by atoms with van der Waals surface area (Å²) in [6.45, 7) is 1.56. The zero-order valence-corrected chi connectivity index (χ0v) is 13.5. The number of sulfone groups is 1. The van der Waals surface area contributed by atoms with E-state index in [-0.39, 0.29) is 30.1 Å². The zero-order valence-electron chi connectivity index (χ0n) is 11.9. The lowest BCUT2D eigenvalue weighted by Gasteiger charge is -2.12. The first-order valence-electron chi connectivity index (χ1n) is 6.70. The third kappa shape index (κ3) is 6.39. The second kappa shape index (κ2) is 8.29. The van der Waals surface area contributed by atoms with Crippen LogP contribution >= 0.6 is 0 Å². The van der Waals surface area contributed by atoms with Crippen LogP contribution < -0.4 is 0 Å². The van der Waals surface area contributed by atoms with Gasteiger partial charge in [0.15, 0.2) is 0 Å². The Morgan fingerprint density at radius 1 is 1.29 bits per heavy atom. The number of carbonyl (C=O) groups is 1. The van der Waals surface area contributed by atoms with Crippen molar-refractivity contribution in [3.8, 4) is 0 Å².